The number of anilines is 1. The molecule has 1 aromatic heterocycles. The number of carbonyl (C=O) groups excluding carboxylic acids is 1. The second-order valence-electron chi connectivity index (χ2n) is 7.97. The van der Waals surface area contributed by atoms with Crippen molar-refractivity contribution in [3.63, 3.8) is 0 Å². The van der Waals surface area contributed by atoms with Crippen molar-refractivity contribution in [1.29, 1.82) is 0 Å². The van der Waals surface area contributed by atoms with E-state index in [1.165, 1.54) is 23.9 Å². The number of carbonyl (C=O) groups is 1. The Hall–Kier alpha value is -2.93. The van der Waals surface area contributed by atoms with Gasteiger partial charge >= 0.3 is 0 Å². The minimum Gasteiger partial charge on any atom is -0.495 e. The molecule has 3 aromatic rings. The Morgan fingerprint density at radius 1 is 1.30 bits per heavy atom. The minimum atomic E-state index is -0.147. The Morgan fingerprint density at radius 2 is 2.10 bits per heavy atom. The topological polar surface area (TPSA) is 76.4 Å². The number of hydrogen-bond acceptors (Lipinski definition) is 6. The Labute approximate surface area is 179 Å². The summed E-state index contributed by atoms with van der Waals surface area (Å²) in [5, 5.41) is 6.96. The molecule has 1 saturated carbocycles. The molecule has 0 aliphatic heterocycles. The van der Waals surface area contributed by atoms with Crippen LogP contribution in [0.1, 0.15) is 34.8 Å². The summed E-state index contributed by atoms with van der Waals surface area (Å²) in [5.74, 6) is 2.75. The monoisotopic (exact) mass is 421 g/mol. The number of fused-ring (bicyclic) bond motifs is 4. The van der Waals surface area contributed by atoms with Crippen molar-refractivity contribution in [2.75, 3.05) is 18.9 Å². The van der Waals surface area contributed by atoms with Crippen LogP contribution in [-0.4, -0.2) is 25.2 Å². The summed E-state index contributed by atoms with van der Waals surface area (Å²) in [7, 11) is 3.21. The van der Waals surface area contributed by atoms with Crippen LogP contribution in [-0.2, 0) is 11.8 Å². The smallest absolute Gasteiger partial charge is 0.251 e. The van der Waals surface area contributed by atoms with Crippen LogP contribution in [0.3, 0.4) is 0 Å². The number of rotatable bonds is 5. The molecule has 2 aromatic carbocycles. The molecular weight excluding hydrogens is 398 g/mol. The van der Waals surface area contributed by atoms with Crippen LogP contribution >= 0.6 is 11.9 Å². The Bertz CT molecular complexity index is 1140. The van der Waals surface area contributed by atoms with Gasteiger partial charge in [0.15, 0.2) is 11.6 Å². The lowest BCUT2D eigenvalue weighted by molar-refractivity contribution is 0.0962. The second-order valence-corrected chi connectivity index (χ2v) is 8.82. The molecule has 0 radical (unpaired) electrons. The van der Waals surface area contributed by atoms with Gasteiger partial charge in [-0.2, -0.15) is 0 Å². The summed E-state index contributed by atoms with van der Waals surface area (Å²) in [6, 6.07) is 13.9. The van der Waals surface area contributed by atoms with Gasteiger partial charge in [-0.1, -0.05) is 36.3 Å². The molecule has 5 rings (SSSR count). The van der Waals surface area contributed by atoms with Crippen molar-refractivity contribution < 1.29 is 14.1 Å². The predicted molar refractivity (Wildman–Crippen MR) is 117 cm³/mol. The van der Waals surface area contributed by atoms with Gasteiger partial charge in [0, 0.05) is 29.2 Å². The van der Waals surface area contributed by atoms with Gasteiger partial charge in [-0.25, -0.2) is 0 Å². The van der Waals surface area contributed by atoms with E-state index in [0.29, 0.717) is 17.2 Å². The summed E-state index contributed by atoms with van der Waals surface area (Å²) < 4.78 is 14.6. The van der Waals surface area contributed by atoms with E-state index in [1.807, 2.05) is 6.07 Å². The molecule has 0 bridgehead atoms. The van der Waals surface area contributed by atoms with Crippen LogP contribution in [0, 0.1) is 5.92 Å². The zero-order chi connectivity index (χ0) is 20.9. The Balaban J connectivity index is 1.43. The third kappa shape index (κ3) is 2.88. The zero-order valence-corrected chi connectivity index (χ0v) is 17.9. The van der Waals surface area contributed by atoms with Gasteiger partial charge in [0.1, 0.15) is 5.75 Å². The minimum absolute atomic E-state index is 0.147. The highest BCUT2D eigenvalue weighted by molar-refractivity contribution is 8.00. The number of aromatic nitrogens is 1. The molecule has 1 heterocycles. The van der Waals surface area contributed by atoms with E-state index < -0.39 is 0 Å². The molecule has 30 heavy (non-hydrogen) atoms. The molecule has 2 unspecified atom stereocenters. The van der Waals surface area contributed by atoms with Crippen LogP contribution < -0.4 is 14.8 Å². The van der Waals surface area contributed by atoms with Gasteiger partial charge in [0.05, 0.1) is 12.0 Å². The van der Waals surface area contributed by atoms with Gasteiger partial charge in [-0.05, 0) is 54.5 Å². The summed E-state index contributed by atoms with van der Waals surface area (Å²) in [6.45, 7) is 2.32. The zero-order valence-electron chi connectivity index (χ0n) is 17.1. The molecule has 2 atom stereocenters. The fraction of sp³-hybridized carbons (Fsp3) is 0.304. The molecule has 1 fully saturated rings. The fourth-order valence-electron chi connectivity index (χ4n) is 4.54. The lowest BCUT2D eigenvalue weighted by Crippen LogP contribution is -2.19. The predicted octanol–water partition coefficient (Wildman–Crippen LogP) is 4.66. The van der Waals surface area contributed by atoms with Crippen LogP contribution in [0.2, 0.25) is 0 Å². The number of nitrogens with zero attached hydrogens (tertiary/aromatic N) is 1. The average molecular weight is 422 g/mol. The van der Waals surface area contributed by atoms with Crippen LogP contribution in [0.25, 0.3) is 11.3 Å². The van der Waals surface area contributed by atoms with Gasteiger partial charge in [0.2, 0.25) is 0 Å². The first-order chi connectivity index (χ1) is 14.6. The molecular formula is C23H23N3O3S. The summed E-state index contributed by atoms with van der Waals surface area (Å²) in [4.78, 5) is 12.7. The van der Waals surface area contributed by atoms with Gasteiger partial charge < -0.3 is 19.3 Å². The van der Waals surface area contributed by atoms with E-state index in [9.17, 15) is 4.79 Å². The van der Waals surface area contributed by atoms with Gasteiger partial charge in [-0.3, -0.25) is 4.79 Å². The van der Waals surface area contributed by atoms with Crippen LogP contribution in [0.5, 0.6) is 5.75 Å². The number of methoxy groups -OCH3 is 1. The number of benzene rings is 2. The van der Waals surface area contributed by atoms with E-state index in [0.717, 1.165) is 34.0 Å². The number of ether oxygens (including phenoxy) is 1. The maximum absolute atomic E-state index is 11.9. The highest BCUT2D eigenvalue weighted by Crippen LogP contribution is 2.62. The summed E-state index contributed by atoms with van der Waals surface area (Å²) >= 11 is 1.40. The maximum atomic E-state index is 11.9. The number of hydrogen-bond donors (Lipinski definition) is 2. The van der Waals surface area contributed by atoms with Crippen molar-refractivity contribution in [1.82, 2.24) is 10.5 Å². The maximum Gasteiger partial charge on any atom is 0.251 e. The molecule has 2 N–H and O–H groups in total. The van der Waals surface area contributed by atoms with E-state index in [1.54, 1.807) is 26.3 Å². The molecule has 7 heteroatoms. The highest BCUT2D eigenvalue weighted by Gasteiger charge is 2.56. The first-order valence-corrected chi connectivity index (χ1v) is 10.8. The third-order valence-corrected chi connectivity index (χ3v) is 7.21. The molecule has 6 nitrogen and oxygen atoms in total. The lowest BCUT2D eigenvalue weighted by atomic mass is 9.78. The van der Waals surface area contributed by atoms with Gasteiger partial charge in [0.25, 0.3) is 5.91 Å². The molecule has 2 aliphatic rings. The number of nitrogens with one attached hydrogen (secondary N) is 2. The lowest BCUT2D eigenvalue weighted by Gasteiger charge is -2.25. The Kier molecular flexibility index (Phi) is 4.50. The van der Waals surface area contributed by atoms with E-state index in [4.69, 9.17) is 9.26 Å². The molecule has 1 amide bonds. The summed E-state index contributed by atoms with van der Waals surface area (Å²) in [5.41, 5.74) is 4.42. The van der Waals surface area contributed by atoms with E-state index >= 15 is 0 Å². The number of amides is 1. The largest absolute Gasteiger partial charge is 0.495 e. The van der Waals surface area contributed by atoms with E-state index in [-0.39, 0.29) is 11.3 Å². The van der Waals surface area contributed by atoms with Crippen molar-refractivity contribution in [3.05, 3.63) is 59.2 Å². The first kappa shape index (κ1) is 19.1. The van der Waals surface area contributed by atoms with Crippen molar-refractivity contribution >= 4 is 23.7 Å². The van der Waals surface area contributed by atoms with E-state index in [2.05, 4.69) is 46.4 Å². The van der Waals surface area contributed by atoms with Crippen molar-refractivity contribution in [2.45, 2.75) is 30.1 Å². The SMILES string of the molecule is CNC(=O)c1ccc(SNc2noc3c2CC2(CC2C)c2ccccc2-3)c(OC)c1. The third-order valence-electron chi connectivity index (χ3n) is 6.35. The average Bonchev–Trinajstić information content (AvgIpc) is 3.24. The molecule has 0 saturated heterocycles. The fourth-order valence-corrected chi connectivity index (χ4v) is 5.29. The van der Waals surface area contributed by atoms with Crippen LogP contribution in [0.15, 0.2) is 51.9 Å². The second kappa shape index (κ2) is 7.09. The summed E-state index contributed by atoms with van der Waals surface area (Å²) in [6.07, 6.45) is 2.12. The standard InChI is InChI=1S/C23H23N3O3S/c1-13-11-23(13)12-16-20(15-6-4-5-7-17(15)23)29-25-21(16)26-30-19-9-8-14(22(27)24-2)10-18(19)28-3/h4-10,13H,11-12H2,1-3H3,(H,24,27)(H,25,26). The van der Waals surface area contributed by atoms with Gasteiger partial charge in [-0.15, -0.1) is 0 Å². The Morgan fingerprint density at radius 3 is 2.83 bits per heavy atom. The molecule has 1 spiro atoms. The van der Waals surface area contributed by atoms with Crippen LogP contribution in [0.4, 0.5) is 5.82 Å². The quantitative estimate of drug-likeness (QED) is 0.584. The van der Waals surface area contributed by atoms with Crippen molar-refractivity contribution in [2.24, 2.45) is 5.92 Å². The molecule has 154 valence electrons. The normalized spacial score (nSPS) is 21.0. The van der Waals surface area contributed by atoms with Crippen molar-refractivity contribution in [3.8, 4) is 17.1 Å². The molecule has 2 aliphatic carbocycles. The highest BCUT2D eigenvalue weighted by atomic mass is 32.2. The first-order valence-electron chi connectivity index (χ1n) is 9.99.